The first kappa shape index (κ1) is 10.9. The average Bonchev–Trinajstić information content (AvgIpc) is 2.03. The Labute approximate surface area is 96.1 Å². The number of benzene rings is 1. The van der Waals surface area contributed by atoms with Crippen molar-refractivity contribution in [3.05, 3.63) is 34.3 Å². The van der Waals surface area contributed by atoms with E-state index in [1.165, 1.54) is 0 Å². The number of carbonyl (C=O) groups excluding carboxylic acids is 1. The highest BCUT2D eigenvalue weighted by molar-refractivity contribution is 9.10. The summed E-state index contributed by atoms with van der Waals surface area (Å²) >= 11 is 12.0. The van der Waals surface area contributed by atoms with Gasteiger partial charge in [-0.3, -0.25) is 4.79 Å². The molecule has 0 unspecified atom stereocenters. The Morgan fingerprint density at radius 2 is 2.08 bits per heavy atom. The molecule has 0 amide bonds. The highest BCUT2D eigenvalue weighted by Gasteiger charge is 2.09. The SMILES string of the molecule is O=C(CC(=S)S)c1ccccc1Br. The summed E-state index contributed by atoms with van der Waals surface area (Å²) in [5.74, 6) is -0.00697. The van der Waals surface area contributed by atoms with E-state index in [1.54, 1.807) is 6.07 Å². The van der Waals surface area contributed by atoms with Crippen LogP contribution in [0.2, 0.25) is 0 Å². The molecule has 1 aromatic rings. The van der Waals surface area contributed by atoms with Crippen LogP contribution in [0.15, 0.2) is 28.7 Å². The van der Waals surface area contributed by atoms with Crippen molar-refractivity contribution < 1.29 is 4.79 Å². The number of thiocarbonyl (C=S) groups is 1. The average molecular weight is 275 g/mol. The van der Waals surface area contributed by atoms with E-state index < -0.39 is 0 Å². The maximum Gasteiger partial charge on any atom is 0.169 e. The Kier molecular flexibility index (Phi) is 4.09. The Morgan fingerprint density at radius 3 is 2.62 bits per heavy atom. The second kappa shape index (κ2) is 4.88. The van der Waals surface area contributed by atoms with E-state index in [0.717, 1.165) is 4.47 Å². The maximum atomic E-state index is 11.5. The van der Waals surface area contributed by atoms with Crippen molar-refractivity contribution >= 4 is 50.8 Å². The minimum absolute atomic E-state index is 0.00697. The van der Waals surface area contributed by atoms with Gasteiger partial charge in [-0.1, -0.05) is 46.3 Å². The van der Waals surface area contributed by atoms with Gasteiger partial charge in [0, 0.05) is 10.0 Å². The van der Waals surface area contributed by atoms with Gasteiger partial charge >= 0.3 is 0 Å². The van der Waals surface area contributed by atoms with Crippen LogP contribution < -0.4 is 0 Å². The minimum atomic E-state index is -0.00697. The lowest BCUT2D eigenvalue weighted by atomic mass is 10.1. The fraction of sp³-hybridized carbons (Fsp3) is 0.111. The molecule has 0 saturated heterocycles. The summed E-state index contributed by atoms with van der Waals surface area (Å²) in [5.41, 5.74) is 0.652. The predicted molar refractivity (Wildman–Crippen MR) is 64.7 cm³/mol. The number of rotatable bonds is 3. The fourth-order valence-corrected chi connectivity index (χ4v) is 1.70. The van der Waals surface area contributed by atoms with Crippen LogP contribution in [0.1, 0.15) is 16.8 Å². The minimum Gasteiger partial charge on any atom is -0.294 e. The summed E-state index contributed by atoms with van der Waals surface area (Å²) < 4.78 is 1.21. The molecule has 1 rings (SSSR count). The zero-order valence-electron chi connectivity index (χ0n) is 6.66. The second-order valence-electron chi connectivity index (χ2n) is 2.47. The van der Waals surface area contributed by atoms with Crippen LogP contribution in [-0.2, 0) is 0 Å². The summed E-state index contributed by atoms with van der Waals surface area (Å²) in [7, 11) is 0. The van der Waals surface area contributed by atoms with Gasteiger partial charge in [0.05, 0.1) is 10.6 Å². The van der Waals surface area contributed by atoms with Crippen LogP contribution >= 0.6 is 40.8 Å². The second-order valence-corrected chi connectivity index (χ2v) is 4.66. The van der Waals surface area contributed by atoms with E-state index in [9.17, 15) is 4.79 Å². The highest BCUT2D eigenvalue weighted by atomic mass is 79.9. The van der Waals surface area contributed by atoms with Crippen LogP contribution in [0.25, 0.3) is 0 Å². The quantitative estimate of drug-likeness (QED) is 0.518. The molecule has 0 radical (unpaired) electrons. The molecule has 68 valence electrons. The number of hydrogen-bond donors (Lipinski definition) is 1. The van der Waals surface area contributed by atoms with Gasteiger partial charge < -0.3 is 0 Å². The van der Waals surface area contributed by atoms with E-state index in [-0.39, 0.29) is 12.2 Å². The Morgan fingerprint density at radius 1 is 1.46 bits per heavy atom. The van der Waals surface area contributed by atoms with Gasteiger partial charge in [0.1, 0.15) is 0 Å². The van der Waals surface area contributed by atoms with Crippen LogP contribution in [0.5, 0.6) is 0 Å². The molecule has 4 heteroatoms. The molecule has 0 spiro atoms. The van der Waals surface area contributed by atoms with Crippen molar-refractivity contribution in [2.24, 2.45) is 0 Å². The van der Waals surface area contributed by atoms with Crippen molar-refractivity contribution in [1.29, 1.82) is 0 Å². The van der Waals surface area contributed by atoms with Gasteiger partial charge in [-0.25, -0.2) is 0 Å². The molecule has 0 heterocycles. The van der Waals surface area contributed by atoms with Crippen LogP contribution in [-0.4, -0.2) is 9.98 Å². The molecule has 0 aromatic heterocycles. The van der Waals surface area contributed by atoms with Crippen molar-refractivity contribution in [2.45, 2.75) is 6.42 Å². The molecular weight excluding hydrogens is 268 g/mol. The van der Waals surface area contributed by atoms with E-state index in [0.29, 0.717) is 9.76 Å². The Bertz CT molecular complexity index is 349. The van der Waals surface area contributed by atoms with Crippen LogP contribution in [0.3, 0.4) is 0 Å². The summed E-state index contributed by atoms with van der Waals surface area (Å²) in [4.78, 5) is 11.5. The summed E-state index contributed by atoms with van der Waals surface area (Å²) in [6.45, 7) is 0. The largest absolute Gasteiger partial charge is 0.294 e. The van der Waals surface area contributed by atoms with Crippen molar-refractivity contribution in [3.63, 3.8) is 0 Å². The highest BCUT2D eigenvalue weighted by Crippen LogP contribution is 2.17. The van der Waals surface area contributed by atoms with Gasteiger partial charge in [0.2, 0.25) is 0 Å². The van der Waals surface area contributed by atoms with Crippen LogP contribution in [0, 0.1) is 0 Å². The van der Waals surface area contributed by atoms with Crippen molar-refractivity contribution in [1.82, 2.24) is 0 Å². The van der Waals surface area contributed by atoms with Crippen LogP contribution in [0.4, 0.5) is 0 Å². The normalized spacial score (nSPS) is 9.69. The van der Waals surface area contributed by atoms with Gasteiger partial charge in [-0.05, 0) is 6.07 Å². The standard InChI is InChI=1S/C9H7BrOS2/c10-7-4-2-1-3-6(7)8(11)5-9(12)13/h1-4H,5H2,(H,12,13). The van der Waals surface area contributed by atoms with Gasteiger partial charge in [-0.15, -0.1) is 12.6 Å². The smallest absolute Gasteiger partial charge is 0.169 e. The molecule has 0 bridgehead atoms. The fourth-order valence-electron chi connectivity index (χ4n) is 0.920. The van der Waals surface area contributed by atoms with Crippen molar-refractivity contribution in [2.75, 3.05) is 0 Å². The van der Waals surface area contributed by atoms with Gasteiger partial charge in [0.25, 0.3) is 0 Å². The van der Waals surface area contributed by atoms with E-state index in [4.69, 9.17) is 12.2 Å². The van der Waals surface area contributed by atoms with Gasteiger partial charge in [-0.2, -0.15) is 0 Å². The van der Waals surface area contributed by atoms with E-state index in [2.05, 4.69) is 28.6 Å². The molecule has 1 nitrogen and oxygen atoms in total. The summed E-state index contributed by atoms with van der Waals surface area (Å²) in [6.07, 6.45) is 0.209. The first-order valence-corrected chi connectivity index (χ1v) is 5.25. The monoisotopic (exact) mass is 274 g/mol. The molecule has 0 aliphatic heterocycles. The van der Waals surface area contributed by atoms with Crippen molar-refractivity contribution in [3.8, 4) is 0 Å². The molecule has 1 aromatic carbocycles. The number of Topliss-reactive ketones (excluding diaryl/α,β-unsaturated/α-hetero) is 1. The molecule has 0 atom stereocenters. The molecule has 13 heavy (non-hydrogen) atoms. The number of carbonyl (C=O) groups is 1. The topological polar surface area (TPSA) is 17.1 Å². The Balaban J connectivity index is 2.89. The lowest BCUT2D eigenvalue weighted by Crippen LogP contribution is -2.02. The number of halogens is 1. The first-order chi connectivity index (χ1) is 6.11. The zero-order chi connectivity index (χ0) is 9.84. The summed E-state index contributed by atoms with van der Waals surface area (Å²) in [5, 5.41) is 0. The molecule has 0 fully saturated rings. The third-order valence-electron chi connectivity index (χ3n) is 1.49. The predicted octanol–water partition coefficient (Wildman–Crippen LogP) is 3.28. The number of ketones is 1. The lowest BCUT2D eigenvalue weighted by Gasteiger charge is -2.01. The maximum absolute atomic E-state index is 11.5. The third-order valence-corrected chi connectivity index (χ3v) is 2.48. The molecule has 0 saturated carbocycles. The van der Waals surface area contributed by atoms with E-state index in [1.807, 2.05) is 18.2 Å². The first-order valence-electron chi connectivity index (χ1n) is 3.61. The zero-order valence-corrected chi connectivity index (χ0v) is 9.96. The lowest BCUT2D eigenvalue weighted by molar-refractivity contribution is 0.100. The Hall–Kier alpha value is -0.190. The number of thiol groups is 1. The molecular formula is C9H7BrOS2. The van der Waals surface area contributed by atoms with E-state index >= 15 is 0 Å². The van der Waals surface area contributed by atoms with Gasteiger partial charge in [0.15, 0.2) is 5.78 Å². The molecule has 0 aliphatic carbocycles. The molecule has 0 aliphatic rings. The molecule has 0 N–H and O–H groups in total. The number of hydrogen-bond acceptors (Lipinski definition) is 2. The summed E-state index contributed by atoms with van der Waals surface area (Å²) in [6, 6.07) is 7.27. The third kappa shape index (κ3) is 3.21.